The first kappa shape index (κ1) is 12.0. The van der Waals surface area contributed by atoms with Crippen molar-refractivity contribution in [2.24, 2.45) is 0 Å². The largest absolute Gasteiger partial charge is 0.342 e. The van der Waals surface area contributed by atoms with Gasteiger partial charge in [-0.15, -0.1) is 12.6 Å². The van der Waals surface area contributed by atoms with E-state index in [2.05, 4.69) is 12.6 Å². The normalized spacial score (nSPS) is 10.1. The van der Waals surface area contributed by atoms with Crippen molar-refractivity contribution < 1.29 is 9.18 Å². The molecule has 2 nitrogen and oxygen atoms in total. The van der Waals surface area contributed by atoms with Gasteiger partial charge in [0.15, 0.2) is 0 Å². The number of thiol groups is 1. The summed E-state index contributed by atoms with van der Waals surface area (Å²) in [7, 11) is 1.66. The summed E-state index contributed by atoms with van der Waals surface area (Å²) in [4.78, 5) is 13.9. The molecular formula is C11H14FNOS. The van der Waals surface area contributed by atoms with Crippen molar-refractivity contribution in [2.75, 3.05) is 13.6 Å². The topological polar surface area (TPSA) is 20.3 Å². The second-order valence-corrected chi connectivity index (χ2v) is 3.91. The highest BCUT2D eigenvalue weighted by Gasteiger charge is 2.15. The van der Waals surface area contributed by atoms with Gasteiger partial charge in [0.25, 0.3) is 5.91 Å². The van der Waals surface area contributed by atoms with Crippen LogP contribution in [-0.2, 0) is 0 Å². The maximum atomic E-state index is 13.3. The van der Waals surface area contributed by atoms with Gasteiger partial charge in [-0.05, 0) is 24.6 Å². The van der Waals surface area contributed by atoms with E-state index in [1.165, 1.54) is 23.1 Å². The molecule has 0 atom stereocenters. The molecule has 1 aromatic carbocycles. The number of halogens is 1. The second-order valence-electron chi connectivity index (χ2n) is 3.39. The highest BCUT2D eigenvalue weighted by atomic mass is 32.1. The molecule has 0 N–H and O–H groups in total. The summed E-state index contributed by atoms with van der Waals surface area (Å²) in [6.45, 7) is 2.59. The van der Waals surface area contributed by atoms with E-state index in [0.29, 0.717) is 11.4 Å². The van der Waals surface area contributed by atoms with Crippen molar-refractivity contribution in [1.82, 2.24) is 4.90 Å². The number of hydrogen-bond acceptors (Lipinski definition) is 2. The lowest BCUT2D eigenvalue weighted by Crippen LogP contribution is -2.28. The van der Waals surface area contributed by atoms with Gasteiger partial charge in [0.05, 0.1) is 5.56 Å². The van der Waals surface area contributed by atoms with Crippen LogP contribution in [0.2, 0.25) is 0 Å². The Hall–Kier alpha value is -1.03. The van der Waals surface area contributed by atoms with Gasteiger partial charge in [0.2, 0.25) is 0 Å². The molecule has 0 aliphatic rings. The molecule has 0 aliphatic carbocycles. The Morgan fingerprint density at radius 1 is 1.53 bits per heavy atom. The first-order valence-electron chi connectivity index (χ1n) is 4.80. The number of amides is 1. The Balaban J connectivity index is 2.95. The molecule has 0 aliphatic heterocycles. The first-order chi connectivity index (χ1) is 7.06. The van der Waals surface area contributed by atoms with E-state index in [-0.39, 0.29) is 11.5 Å². The Labute approximate surface area is 94.5 Å². The number of nitrogens with zero attached hydrogens (tertiary/aromatic N) is 1. The lowest BCUT2D eigenvalue weighted by atomic mass is 10.2. The fourth-order valence-corrected chi connectivity index (χ4v) is 1.52. The predicted molar refractivity (Wildman–Crippen MR) is 60.9 cm³/mol. The van der Waals surface area contributed by atoms with Crippen molar-refractivity contribution >= 4 is 18.5 Å². The molecule has 0 fully saturated rings. The van der Waals surface area contributed by atoms with Gasteiger partial charge in [-0.25, -0.2) is 4.39 Å². The number of benzene rings is 1. The summed E-state index contributed by atoms with van der Waals surface area (Å²) in [5, 5.41) is 0. The number of carbonyl (C=O) groups is 1. The first-order valence-corrected chi connectivity index (χ1v) is 5.25. The van der Waals surface area contributed by atoms with Crippen molar-refractivity contribution in [1.29, 1.82) is 0 Å². The van der Waals surface area contributed by atoms with Gasteiger partial charge in [0.1, 0.15) is 5.82 Å². The Morgan fingerprint density at radius 3 is 2.80 bits per heavy atom. The average Bonchev–Trinajstić information content (AvgIpc) is 2.21. The van der Waals surface area contributed by atoms with Gasteiger partial charge < -0.3 is 4.90 Å². The minimum Gasteiger partial charge on any atom is -0.342 e. The molecular weight excluding hydrogens is 213 g/mol. The summed E-state index contributed by atoms with van der Waals surface area (Å²) >= 11 is 4.08. The molecule has 0 saturated heterocycles. The third kappa shape index (κ3) is 2.96. The molecule has 0 radical (unpaired) electrons. The van der Waals surface area contributed by atoms with E-state index in [1.807, 2.05) is 6.92 Å². The van der Waals surface area contributed by atoms with Crippen LogP contribution in [0.15, 0.2) is 23.1 Å². The van der Waals surface area contributed by atoms with Crippen LogP contribution >= 0.6 is 12.6 Å². The third-order valence-corrected chi connectivity index (χ3v) is 2.36. The van der Waals surface area contributed by atoms with Gasteiger partial charge in [-0.2, -0.15) is 0 Å². The van der Waals surface area contributed by atoms with Crippen LogP contribution in [-0.4, -0.2) is 24.4 Å². The smallest absolute Gasteiger partial charge is 0.256 e. The van der Waals surface area contributed by atoms with Crippen molar-refractivity contribution in [3.63, 3.8) is 0 Å². The predicted octanol–water partition coefficient (Wildman–Crippen LogP) is 2.60. The molecule has 1 aromatic rings. The summed E-state index contributed by atoms with van der Waals surface area (Å²) < 4.78 is 13.3. The molecule has 1 amide bonds. The number of hydrogen-bond donors (Lipinski definition) is 1. The lowest BCUT2D eigenvalue weighted by Gasteiger charge is -2.16. The molecule has 15 heavy (non-hydrogen) atoms. The average molecular weight is 227 g/mol. The van der Waals surface area contributed by atoms with E-state index in [9.17, 15) is 9.18 Å². The molecule has 0 heterocycles. The minimum absolute atomic E-state index is 0.0819. The highest BCUT2D eigenvalue weighted by Crippen LogP contribution is 2.15. The van der Waals surface area contributed by atoms with Gasteiger partial charge in [-0.1, -0.05) is 6.92 Å². The molecule has 0 unspecified atom stereocenters. The molecule has 0 aromatic heterocycles. The summed E-state index contributed by atoms with van der Waals surface area (Å²) in [6.07, 6.45) is 0.852. The summed E-state index contributed by atoms with van der Waals surface area (Å²) in [5.41, 5.74) is 0.0819. The van der Waals surface area contributed by atoms with E-state index in [1.54, 1.807) is 7.05 Å². The molecule has 0 saturated carbocycles. The van der Waals surface area contributed by atoms with Crippen LogP contribution in [0.5, 0.6) is 0 Å². The Morgan fingerprint density at radius 2 is 2.20 bits per heavy atom. The molecule has 82 valence electrons. The molecule has 1 rings (SSSR count). The zero-order valence-electron chi connectivity index (χ0n) is 8.83. The van der Waals surface area contributed by atoms with Gasteiger partial charge >= 0.3 is 0 Å². The third-order valence-electron chi connectivity index (χ3n) is 2.09. The maximum Gasteiger partial charge on any atom is 0.256 e. The minimum atomic E-state index is -0.499. The lowest BCUT2D eigenvalue weighted by molar-refractivity contribution is 0.0790. The van der Waals surface area contributed by atoms with Gasteiger partial charge in [0, 0.05) is 18.5 Å². The van der Waals surface area contributed by atoms with Crippen LogP contribution in [0.3, 0.4) is 0 Å². The zero-order valence-corrected chi connectivity index (χ0v) is 9.72. The number of rotatable bonds is 3. The zero-order chi connectivity index (χ0) is 11.4. The quantitative estimate of drug-likeness (QED) is 0.787. The Kier molecular flexibility index (Phi) is 4.15. The van der Waals surface area contributed by atoms with E-state index in [0.717, 1.165) is 6.42 Å². The number of carbonyl (C=O) groups excluding carboxylic acids is 1. The summed E-state index contributed by atoms with van der Waals surface area (Å²) in [5.74, 6) is -0.800. The molecule has 0 spiro atoms. The van der Waals surface area contributed by atoms with E-state index >= 15 is 0 Å². The van der Waals surface area contributed by atoms with E-state index in [4.69, 9.17) is 0 Å². The van der Waals surface area contributed by atoms with Crippen LogP contribution in [0.25, 0.3) is 0 Å². The van der Waals surface area contributed by atoms with Crippen molar-refractivity contribution in [3.05, 3.63) is 29.6 Å². The van der Waals surface area contributed by atoms with Gasteiger partial charge in [-0.3, -0.25) is 4.79 Å². The van der Waals surface area contributed by atoms with E-state index < -0.39 is 5.82 Å². The van der Waals surface area contributed by atoms with Crippen LogP contribution in [0, 0.1) is 5.82 Å². The Bertz CT molecular complexity index is 368. The standard InChI is InChI=1S/C11H14FNOS/c1-3-6-13(2)11(14)9-7-8(15)4-5-10(9)12/h4-5,7,15H,3,6H2,1-2H3. The monoisotopic (exact) mass is 227 g/mol. The second kappa shape index (κ2) is 5.16. The fraction of sp³-hybridized carbons (Fsp3) is 0.364. The fourth-order valence-electron chi connectivity index (χ4n) is 1.32. The SMILES string of the molecule is CCCN(C)C(=O)c1cc(S)ccc1F. The highest BCUT2D eigenvalue weighted by molar-refractivity contribution is 7.80. The van der Waals surface area contributed by atoms with Crippen LogP contribution in [0.4, 0.5) is 4.39 Å². The van der Waals surface area contributed by atoms with Crippen molar-refractivity contribution in [3.8, 4) is 0 Å². The van der Waals surface area contributed by atoms with Crippen LogP contribution in [0.1, 0.15) is 23.7 Å². The molecule has 4 heteroatoms. The summed E-state index contributed by atoms with van der Waals surface area (Å²) in [6, 6.07) is 4.23. The maximum absolute atomic E-state index is 13.3. The van der Waals surface area contributed by atoms with Crippen LogP contribution < -0.4 is 0 Å². The van der Waals surface area contributed by atoms with Crippen molar-refractivity contribution in [2.45, 2.75) is 18.2 Å². The molecule has 0 bridgehead atoms.